The summed E-state index contributed by atoms with van der Waals surface area (Å²) in [6, 6.07) is 5.74. The van der Waals surface area contributed by atoms with Crippen LogP contribution in [0.4, 0.5) is 17.3 Å². The van der Waals surface area contributed by atoms with Gasteiger partial charge in [0.1, 0.15) is 23.2 Å². The lowest BCUT2D eigenvalue weighted by Crippen LogP contribution is -2.06. The molecule has 0 aliphatic carbocycles. The van der Waals surface area contributed by atoms with Crippen LogP contribution < -0.4 is 15.8 Å². The average molecular weight is 337 g/mol. The maximum Gasteiger partial charge on any atom is 0.139 e. The highest BCUT2D eigenvalue weighted by molar-refractivity contribution is 9.10. The van der Waals surface area contributed by atoms with Gasteiger partial charge in [0.25, 0.3) is 0 Å². The van der Waals surface area contributed by atoms with Gasteiger partial charge in [0, 0.05) is 28.2 Å². The summed E-state index contributed by atoms with van der Waals surface area (Å²) >= 11 is 3.45. The lowest BCUT2D eigenvalue weighted by atomic mass is 10.2. The number of nitrogen functional groups attached to an aromatic ring is 1. The van der Waals surface area contributed by atoms with Gasteiger partial charge in [-0.05, 0) is 19.1 Å². The lowest BCUT2D eigenvalue weighted by molar-refractivity contribution is 0.415. The average Bonchev–Trinajstić information content (AvgIpc) is 2.42. The second kappa shape index (κ2) is 6.09. The zero-order valence-corrected chi connectivity index (χ0v) is 13.3. The molecule has 20 heavy (non-hydrogen) atoms. The number of halogens is 1. The number of nitrogens with two attached hydrogens (primary N) is 1. The van der Waals surface area contributed by atoms with Crippen molar-refractivity contribution >= 4 is 33.3 Å². The van der Waals surface area contributed by atoms with Gasteiger partial charge >= 0.3 is 0 Å². The van der Waals surface area contributed by atoms with Gasteiger partial charge in [-0.15, -0.1) is 0 Å². The van der Waals surface area contributed by atoms with E-state index in [1.165, 1.54) is 0 Å². The summed E-state index contributed by atoms with van der Waals surface area (Å²) in [5, 5.41) is 3.26. The van der Waals surface area contributed by atoms with Gasteiger partial charge < -0.3 is 15.8 Å². The maximum atomic E-state index is 5.91. The van der Waals surface area contributed by atoms with Crippen molar-refractivity contribution < 1.29 is 4.74 Å². The summed E-state index contributed by atoms with van der Waals surface area (Å²) in [5.41, 5.74) is 7.62. The highest BCUT2D eigenvalue weighted by atomic mass is 79.9. The molecule has 0 saturated carbocycles. The monoisotopic (exact) mass is 336 g/mol. The minimum atomic E-state index is 0.501. The molecule has 0 aliphatic rings. The first-order valence-corrected chi connectivity index (χ1v) is 7.07. The van der Waals surface area contributed by atoms with E-state index >= 15 is 0 Å². The first kappa shape index (κ1) is 14.6. The molecule has 0 radical (unpaired) electrons. The molecular weight excluding hydrogens is 320 g/mol. The lowest BCUT2D eigenvalue weighted by Gasteiger charge is -2.12. The van der Waals surface area contributed by atoms with Gasteiger partial charge in [-0.3, -0.25) is 0 Å². The molecular formula is C14H17BrN4O. The Bertz CT molecular complexity index is 631. The third kappa shape index (κ3) is 3.19. The Morgan fingerprint density at radius 1 is 1.30 bits per heavy atom. The molecule has 0 aliphatic heterocycles. The van der Waals surface area contributed by atoms with Crippen molar-refractivity contribution in [1.29, 1.82) is 0 Å². The number of ether oxygens (including phenoxy) is 1. The van der Waals surface area contributed by atoms with Crippen molar-refractivity contribution in [1.82, 2.24) is 9.97 Å². The molecule has 2 rings (SSSR count). The first-order valence-electron chi connectivity index (χ1n) is 6.28. The van der Waals surface area contributed by atoms with Crippen molar-refractivity contribution in [3.8, 4) is 5.75 Å². The molecule has 0 fully saturated rings. The van der Waals surface area contributed by atoms with Gasteiger partial charge in [-0.1, -0.05) is 22.9 Å². The predicted molar refractivity (Wildman–Crippen MR) is 84.5 cm³/mol. The predicted octanol–water partition coefficient (Wildman–Crippen LogP) is 3.44. The Kier molecular flexibility index (Phi) is 4.44. The summed E-state index contributed by atoms with van der Waals surface area (Å²) in [6.07, 6.45) is 0.737. The number of hydrogen-bond donors (Lipinski definition) is 2. The molecule has 1 aromatic carbocycles. The van der Waals surface area contributed by atoms with Crippen LogP contribution in [0.2, 0.25) is 0 Å². The van der Waals surface area contributed by atoms with Crippen molar-refractivity contribution in [2.45, 2.75) is 20.3 Å². The highest BCUT2D eigenvalue weighted by Gasteiger charge is 2.09. The maximum absolute atomic E-state index is 5.91. The third-order valence-electron chi connectivity index (χ3n) is 2.92. The van der Waals surface area contributed by atoms with E-state index in [1.807, 2.05) is 32.0 Å². The zero-order chi connectivity index (χ0) is 14.7. The second-order valence-corrected chi connectivity index (χ2v) is 5.27. The van der Waals surface area contributed by atoms with E-state index < -0.39 is 0 Å². The van der Waals surface area contributed by atoms with Gasteiger partial charge in [0.15, 0.2) is 0 Å². The van der Waals surface area contributed by atoms with Gasteiger partial charge in [-0.25, -0.2) is 9.97 Å². The number of nitrogens with zero attached hydrogens (tertiary/aromatic N) is 2. The number of aryl methyl sites for hydroxylation is 1. The second-order valence-electron chi connectivity index (χ2n) is 4.36. The molecule has 0 unspecified atom stereocenters. The molecule has 3 N–H and O–H groups in total. The zero-order valence-electron chi connectivity index (χ0n) is 11.7. The van der Waals surface area contributed by atoms with Crippen LogP contribution in [0, 0.1) is 6.92 Å². The molecule has 2 aromatic rings. The summed E-state index contributed by atoms with van der Waals surface area (Å²) in [4.78, 5) is 8.71. The van der Waals surface area contributed by atoms with E-state index in [2.05, 4.69) is 31.2 Å². The van der Waals surface area contributed by atoms with Gasteiger partial charge in [0.05, 0.1) is 7.11 Å². The molecule has 0 saturated heterocycles. The molecule has 1 aromatic heterocycles. The van der Waals surface area contributed by atoms with E-state index in [0.717, 1.165) is 39.5 Å². The number of benzene rings is 1. The fourth-order valence-corrected chi connectivity index (χ4v) is 2.22. The fraction of sp³-hybridized carbons (Fsp3) is 0.286. The van der Waals surface area contributed by atoms with Crippen LogP contribution >= 0.6 is 15.9 Å². The van der Waals surface area contributed by atoms with Crippen LogP contribution in [-0.2, 0) is 6.42 Å². The molecule has 0 amide bonds. The SMILES string of the molecule is CCc1nc(N)c(C)c(Nc2cc(Br)cc(OC)c2)n1. The summed E-state index contributed by atoms with van der Waals surface area (Å²) < 4.78 is 6.17. The third-order valence-corrected chi connectivity index (χ3v) is 3.37. The van der Waals surface area contributed by atoms with Crippen LogP contribution in [0.15, 0.2) is 22.7 Å². The van der Waals surface area contributed by atoms with E-state index in [9.17, 15) is 0 Å². The number of aromatic nitrogens is 2. The normalized spacial score (nSPS) is 10.4. The molecule has 5 nitrogen and oxygen atoms in total. The molecule has 0 spiro atoms. The highest BCUT2D eigenvalue weighted by Crippen LogP contribution is 2.28. The van der Waals surface area contributed by atoms with Gasteiger partial charge in [-0.2, -0.15) is 0 Å². The van der Waals surface area contributed by atoms with Crippen LogP contribution in [-0.4, -0.2) is 17.1 Å². The van der Waals surface area contributed by atoms with E-state index in [1.54, 1.807) is 7.11 Å². The van der Waals surface area contributed by atoms with E-state index in [-0.39, 0.29) is 0 Å². The number of nitrogens with one attached hydrogen (secondary N) is 1. The van der Waals surface area contributed by atoms with Crippen molar-refractivity contribution in [3.05, 3.63) is 34.1 Å². The molecule has 1 heterocycles. The van der Waals surface area contributed by atoms with Crippen LogP contribution in [0.5, 0.6) is 5.75 Å². The Morgan fingerprint density at radius 3 is 2.70 bits per heavy atom. The largest absolute Gasteiger partial charge is 0.497 e. The first-order chi connectivity index (χ1) is 9.53. The van der Waals surface area contributed by atoms with Crippen molar-refractivity contribution in [2.75, 3.05) is 18.2 Å². The van der Waals surface area contributed by atoms with Crippen LogP contribution in [0.1, 0.15) is 18.3 Å². The van der Waals surface area contributed by atoms with Crippen molar-refractivity contribution in [2.24, 2.45) is 0 Å². The standard InChI is InChI=1S/C14H17BrN4O/c1-4-12-18-13(16)8(2)14(19-12)17-10-5-9(15)6-11(7-10)20-3/h5-7H,4H2,1-3H3,(H3,16,17,18,19). The Morgan fingerprint density at radius 2 is 2.05 bits per heavy atom. The summed E-state index contributed by atoms with van der Waals surface area (Å²) in [6.45, 7) is 3.89. The molecule has 0 atom stereocenters. The minimum Gasteiger partial charge on any atom is -0.497 e. The quantitative estimate of drug-likeness (QED) is 0.894. The summed E-state index contributed by atoms with van der Waals surface area (Å²) in [5.74, 6) is 2.70. The van der Waals surface area contributed by atoms with E-state index in [0.29, 0.717) is 5.82 Å². The van der Waals surface area contributed by atoms with Crippen LogP contribution in [0.25, 0.3) is 0 Å². The Hall–Kier alpha value is -1.82. The smallest absolute Gasteiger partial charge is 0.139 e. The minimum absolute atomic E-state index is 0.501. The van der Waals surface area contributed by atoms with Gasteiger partial charge in [0.2, 0.25) is 0 Å². The fourth-order valence-electron chi connectivity index (χ4n) is 1.75. The molecule has 0 bridgehead atoms. The number of hydrogen-bond acceptors (Lipinski definition) is 5. The number of methoxy groups -OCH3 is 1. The number of rotatable bonds is 4. The van der Waals surface area contributed by atoms with Crippen molar-refractivity contribution in [3.63, 3.8) is 0 Å². The number of anilines is 3. The Labute approximate surface area is 126 Å². The summed E-state index contributed by atoms with van der Waals surface area (Å²) in [7, 11) is 1.63. The van der Waals surface area contributed by atoms with E-state index in [4.69, 9.17) is 10.5 Å². The Balaban J connectivity index is 2.39. The molecule has 6 heteroatoms. The van der Waals surface area contributed by atoms with Crippen LogP contribution in [0.3, 0.4) is 0 Å². The topological polar surface area (TPSA) is 73.1 Å². The molecule has 106 valence electrons.